The maximum atomic E-state index is 12.0. The molecule has 26 heavy (non-hydrogen) atoms. The Balaban J connectivity index is 2.24. The first kappa shape index (κ1) is 17.9. The van der Waals surface area contributed by atoms with Crippen molar-refractivity contribution in [2.75, 3.05) is 6.61 Å². The summed E-state index contributed by atoms with van der Waals surface area (Å²) in [5.74, 6) is -0.129. The van der Waals surface area contributed by atoms with Crippen molar-refractivity contribution in [1.82, 2.24) is 25.2 Å². The highest BCUT2D eigenvalue weighted by Crippen LogP contribution is 2.43. The number of allylic oxidation sites excluding steroid dienone is 3. The molecule has 0 aliphatic heterocycles. The van der Waals surface area contributed by atoms with Gasteiger partial charge in [-0.2, -0.15) is 4.68 Å². The third kappa shape index (κ3) is 3.03. The zero-order valence-electron chi connectivity index (χ0n) is 15.0. The summed E-state index contributed by atoms with van der Waals surface area (Å²) < 4.78 is 1.55. The predicted molar refractivity (Wildman–Crippen MR) is 95.6 cm³/mol. The molecule has 1 aliphatic rings. The molecule has 8 nitrogen and oxygen atoms in total. The van der Waals surface area contributed by atoms with Crippen LogP contribution < -0.4 is 5.73 Å². The molecule has 2 atom stereocenters. The van der Waals surface area contributed by atoms with Gasteiger partial charge < -0.3 is 10.8 Å². The van der Waals surface area contributed by atoms with Crippen LogP contribution in [0.3, 0.4) is 0 Å². The number of amides is 1. The molecule has 0 spiro atoms. The molecule has 1 aliphatic carbocycles. The van der Waals surface area contributed by atoms with E-state index < -0.39 is 11.3 Å². The Bertz CT molecular complexity index is 883. The Kier molecular flexibility index (Phi) is 4.69. The molecule has 2 aromatic heterocycles. The molecule has 2 heterocycles. The van der Waals surface area contributed by atoms with E-state index >= 15 is 0 Å². The summed E-state index contributed by atoms with van der Waals surface area (Å²) >= 11 is 0. The normalized spacial score (nSPS) is 21.1. The van der Waals surface area contributed by atoms with E-state index in [-0.39, 0.29) is 12.5 Å². The van der Waals surface area contributed by atoms with Crippen molar-refractivity contribution in [3.05, 3.63) is 53.1 Å². The van der Waals surface area contributed by atoms with Crippen molar-refractivity contribution in [3.8, 4) is 0 Å². The number of tetrazole rings is 1. The minimum absolute atomic E-state index is 0.0695. The molecule has 0 saturated carbocycles. The van der Waals surface area contributed by atoms with E-state index in [0.717, 1.165) is 11.3 Å². The summed E-state index contributed by atoms with van der Waals surface area (Å²) in [5, 5.41) is 21.5. The number of hydrogen-bond acceptors (Lipinski definition) is 6. The Morgan fingerprint density at radius 2 is 2.19 bits per heavy atom. The largest absolute Gasteiger partial charge is 0.396 e. The number of carbonyl (C=O) groups excluding carboxylic acids is 1. The lowest BCUT2D eigenvalue weighted by Gasteiger charge is -2.38. The topological polar surface area (TPSA) is 120 Å². The van der Waals surface area contributed by atoms with Gasteiger partial charge in [0.25, 0.3) is 0 Å². The van der Waals surface area contributed by atoms with Crippen molar-refractivity contribution in [2.45, 2.75) is 32.6 Å². The molecular weight excluding hydrogens is 332 g/mol. The molecule has 0 bridgehead atoms. The molecule has 8 heteroatoms. The molecule has 3 N–H and O–H groups in total. The second kappa shape index (κ2) is 6.80. The fourth-order valence-corrected chi connectivity index (χ4v) is 3.29. The second-order valence-corrected chi connectivity index (χ2v) is 6.76. The van der Waals surface area contributed by atoms with E-state index in [1.807, 2.05) is 32.1 Å². The van der Waals surface area contributed by atoms with E-state index in [0.29, 0.717) is 23.5 Å². The zero-order valence-corrected chi connectivity index (χ0v) is 15.0. The Labute approximate surface area is 151 Å². The van der Waals surface area contributed by atoms with Crippen LogP contribution in [0.1, 0.15) is 30.4 Å². The van der Waals surface area contributed by atoms with Crippen LogP contribution >= 0.6 is 0 Å². The minimum Gasteiger partial charge on any atom is -0.396 e. The minimum atomic E-state index is -0.699. The average molecular weight is 354 g/mol. The monoisotopic (exact) mass is 354 g/mol. The first-order valence-electron chi connectivity index (χ1n) is 8.40. The third-order valence-electron chi connectivity index (χ3n) is 4.94. The van der Waals surface area contributed by atoms with Crippen LogP contribution in [0, 0.1) is 19.8 Å². The van der Waals surface area contributed by atoms with E-state index in [1.54, 1.807) is 23.9 Å². The molecule has 1 unspecified atom stereocenters. The quantitative estimate of drug-likeness (QED) is 0.823. The van der Waals surface area contributed by atoms with Crippen molar-refractivity contribution >= 4 is 11.6 Å². The number of nitrogens with two attached hydrogens (primary N) is 1. The van der Waals surface area contributed by atoms with Gasteiger partial charge in [-0.05, 0) is 60.4 Å². The van der Waals surface area contributed by atoms with Crippen LogP contribution in [-0.2, 0) is 10.2 Å². The lowest BCUT2D eigenvalue weighted by atomic mass is 9.66. The van der Waals surface area contributed by atoms with Crippen LogP contribution in [-0.4, -0.2) is 42.8 Å². The number of hydrogen-bond donors (Lipinski definition) is 2. The van der Waals surface area contributed by atoms with Gasteiger partial charge in [-0.1, -0.05) is 13.0 Å². The van der Waals surface area contributed by atoms with Gasteiger partial charge in [-0.3, -0.25) is 9.78 Å². The third-order valence-corrected chi connectivity index (χ3v) is 4.94. The van der Waals surface area contributed by atoms with Crippen LogP contribution in [0.5, 0.6) is 0 Å². The molecule has 136 valence electrons. The fraction of sp³-hybridized carbons (Fsp3) is 0.389. The fourth-order valence-electron chi connectivity index (χ4n) is 3.29. The Morgan fingerprint density at radius 1 is 1.42 bits per heavy atom. The van der Waals surface area contributed by atoms with Crippen molar-refractivity contribution in [3.63, 3.8) is 0 Å². The number of primary amides is 1. The maximum Gasteiger partial charge on any atom is 0.244 e. The van der Waals surface area contributed by atoms with Crippen LogP contribution in [0.4, 0.5) is 0 Å². The number of pyridine rings is 1. The second-order valence-electron chi connectivity index (χ2n) is 6.76. The molecule has 0 aromatic carbocycles. The summed E-state index contributed by atoms with van der Waals surface area (Å²) in [7, 11) is 0. The number of aliphatic hydroxyl groups is 1. The molecule has 3 rings (SSSR count). The Hall–Kier alpha value is -2.87. The first-order chi connectivity index (χ1) is 12.4. The number of aliphatic hydroxyl groups excluding tert-OH is 1. The van der Waals surface area contributed by atoms with Gasteiger partial charge in [0.05, 0.1) is 11.4 Å². The number of aromatic nitrogens is 5. The SMILES string of the molecule is Cc1ccc(C2([C@H](C)CO)C=C(n3nnnc3C)C=C(C(N)=O)C2)nc1. The summed E-state index contributed by atoms with van der Waals surface area (Å²) in [6.45, 7) is 5.58. The molecule has 2 aromatic rings. The highest BCUT2D eigenvalue weighted by molar-refractivity contribution is 5.95. The number of rotatable bonds is 5. The van der Waals surface area contributed by atoms with E-state index in [1.165, 1.54) is 0 Å². The average Bonchev–Trinajstić information content (AvgIpc) is 3.07. The van der Waals surface area contributed by atoms with E-state index in [4.69, 9.17) is 5.73 Å². The van der Waals surface area contributed by atoms with Gasteiger partial charge in [0.2, 0.25) is 5.91 Å². The zero-order chi connectivity index (χ0) is 18.9. The smallest absolute Gasteiger partial charge is 0.244 e. The van der Waals surface area contributed by atoms with Crippen LogP contribution in [0.25, 0.3) is 5.70 Å². The maximum absolute atomic E-state index is 12.0. The van der Waals surface area contributed by atoms with Gasteiger partial charge in [0.1, 0.15) is 0 Å². The summed E-state index contributed by atoms with van der Waals surface area (Å²) in [6.07, 6.45) is 5.80. The standard InChI is InChI=1S/C18H22N6O2/c1-11-4-5-16(20-9-11)18(12(2)10-25)7-14(17(19)26)6-15(8-18)24-13(3)21-22-23-24/h4-6,8-9,12,25H,7,10H2,1-3H3,(H2,19,26)/t12-,18?/m1/s1. The van der Waals surface area contributed by atoms with Gasteiger partial charge in [0, 0.05) is 23.8 Å². The number of nitrogens with zero attached hydrogens (tertiary/aromatic N) is 5. The summed E-state index contributed by atoms with van der Waals surface area (Å²) in [5.41, 5.74) is 7.78. The first-order valence-corrected chi connectivity index (χ1v) is 8.40. The van der Waals surface area contributed by atoms with Gasteiger partial charge in [-0.25, -0.2) is 0 Å². The predicted octanol–water partition coefficient (Wildman–Crippen LogP) is 0.908. The highest BCUT2D eigenvalue weighted by atomic mass is 16.3. The van der Waals surface area contributed by atoms with Crippen LogP contribution in [0.15, 0.2) is 36.1 Å². The number of aryl methyl sites for hydroxylation is 2. The summed E-state index contributed by atoms with van der Waals surface area (Å²) in [6, 6.07) is 3.89. The Morgan fingerprint density at radius 3 is 2.73 bits per heavy atom. The summed E-state index contributed by atoms with van der Waals surface area (Å²) in [4.78, 5) is 16.6. The highest BCUT2D eigenvalue weighted by Gasteiger charge is 2.41. The van der Waals surface area contributed by atoms with Crippen molar-refractivity contribution in [2.24, 2.45) is 11.7 Å². The van der Waals surface area contributed by atoms with Gasteiger partial charge in [0.15, 0.2) is 5.82 Å². The van der Waals surface area contributed by atoms with E-state index in [9.17, 15) is 9.90 Å². The molecular formula is C18H22N6O2. The number of carbonyl (C=O) groups is 1. The van der Waals surface area contributed by atoms with Crippen molar-refractivity contribution in [1.29, 1.82) is 0 Å². The van der Waals surface area contributed by atoms with Crippen LogP contribution in [0.2, 0.25) is 0 Å². The lowest BCUT2D eigenvalue weighted by Crippen LogP contribution is -2.39. The molecule has 0 radical (unpaired) electrons. The molecule has 1 amide bonds. The van der Waals surface area contributed by atoms with E-state index in [2.05, 4.69) is 20.5 Å². The van der Waals surface area contributed by atoms with Crippen molar-refractivity contribution < 1.29 is 9.90 Å². The van der Waals surface area contributed by atoms with Gasteiger partial charge >= 0.3 is 0 Å². The van der Waals surface area contributed by atoms with Gasteiger partial charge in [-0.15, -0.1) is 5.10 Å². The molecule has 0 saturated heterocycles. The molecule has 0 fully saturated rings. The lowest BCUT2D eigenvalue weighted by molar-refractivity contribution is -0.114.